The zero-order valence-electron chi connectivity index (χ0n) is 11.2. The first-order valence-corrected chi connectivity index (χ1v) is 7.96. The summed E-state index contributed by atoms with van der Waals surface area (Å²) in [6, 6.07) is 3.89. The second-order valence-electron chi connectivity index (χ2n) is 4.47. The molecule has 0 spiro atoms. The van der Waals surface area contributed by atoms with E-state index in [4.69, 9.17) is 11.6 Å². The third-order valence-corrected chi connectivity index (χ3v) is 4.46. The molecule has 104 valence electrons. The molecule has 0 aliphatic rings. The summed E-state index contributed by atoms with van der Waals surface area (Å²) in [4.78, 5) is 14.8. The highest BCUT2D eigenvalue weighted by atomic mass is 35.5. The summed E-state index contributed by atoms with van der Waals surface area (Å²) in [7, 11) is 0. The highest BCUT2D eigenvalue weighted by molar-refractivity contribution is 7.11. The average Bonchev–Trinajstić information content (AvgIpc) is 3.05. The summed E-state index contributed by atoms with van der Waals surface area (Å²) in [5.41, 5.74) is 1.82. The Balaban J connectivity index is 2.01. The van der Waals surface area contributed by atoms with Gasteiger partial charge in [0, 0.05) is 29.6 Å². The van der Waals surface area contributed by atoms with Crippen LogP contribution in [0.5, 0.6) is 0 Å². The molecule has 0 saturated heterocycles. The summed E-state index contributed by atoms with van der Waals surface area (Å²) < 4.78 is 2.12. The Morgan fingerprint density at radius 2 is 2.25 bits per heavy atom. The average molecular weight is 307 g/mol. The molecular formula is C14H15ClN4S. The number of fused-ring (bicyclic) bond motifs is 1. The molecule has 0 N–H and O–H groups in total. The lowest BCUT2D eigenvalue weighted by atomic mass is 10.4. The predicted octanol–water partition coefficient (Wildman–Crippen LogP) is 3.28. The van der Waals surface area contributed by atoms with Crippen molar-refractivity contribution in [3.05, 3.63) is 40.2 Å². The van der Waals surface area contributed by atoms with Gasteiger partial charge < -0.3 is 4.57 Å². The minimum absolute atomic E-state index is 0.557. The van der Waals surface area contributed by atoms with E-state index in [1.54, 1.807) is 17.5 Å². The summed E-state index contributed by atoms with van der Waals surface area (Å²) in [5.74, 6) is 1.53. The Labute approximate surface area is 126 Å². The number of hydrogen-bond donors (Lipinski definition) is 0. The Morgan fingerprint density at radius 3 is 3.00 bits per heavy atom. The maximum atomic E-state index is 5.88. The molecule has 3 aromatic rings. The predicted molar refractivity (Wildman–Crippen MR) is 82.5 cm³/mol. The first-order chi connectivity index (χ1) is 9.81. The first kappa shape index (κ1) is 13.5. The highest BCUT2D eigenvalue weighted by Crippen LogP contribution is 2.19. The van der Waals surface area contributed by atoms with Crippen LogP contribution in [0.25, 0.3) is 11.2 Å². The van der Waals surface area contributed by atoms with Gasteiger partial charge in [0.25, 0.3) is 0 Å². The monoisotopic (exact) mass is 306 g/mol. The van der Waals surface area contributed by atoms with Gasteiger partial charge >= 0.3 is 0 Å². The number of rotatable bonds is 5. The van der Waals surface area contributed by atoms with E-state index < -0.39 is 0 Å². The van der Waals surface area contributed by atoms with E-state index in [-0.39, 0.29) is 0 Å². The third kappa shape index (κ3) is 2.55. The van der Waals surface area contributed by atoms with Crippen LogP contribution in [0.1, 0.15) is 22.6 Å². The van der Waals surface area contributed by atoms with Crippen LogP contribution >= 0.6 is 22.9 Å². The summed E-state index contributed by atoms with van der Waals surface area (Å²) >= 11 is 7.62. The number of alkyl halides is 1. The lowest BCUT2D eigenvalue weighted by Gasteiger charge is -2.05. The van der Waals surface area contributed by atoms with Gasteiger partial charge in [0.15, 0.2) is 5.65 Å². The van der Waals surface area contributed by atoms with Crippen molar-refractivity contribution in [1.29, 1.82) is 0 Å². The molecule has 0 aliphatic carbocycles. The Bertz CT molecular complexity index is 719. The molecule has 4 nitrogen and oxygen atoms in total. The molecule has 6 heteroatoms. The van der Waals surface area contributed by atoms with E-state index in [1.165, 1.54) is 4.88 Å². The quantitative estimate of drug-likeness (QED) is 0.679. The molecule has 0 bridgehead atoms. The third-order valence-electron chi connectivity index (χ3n) is 3.14. The SMILES string of the molecule is CCc1cnc(Cn2c(CCCl)nc3cccnc32)s1. The van der Waals surface area contributed by atoms with Crippen LogP contribution in [-0.4, -0.2) is 25.4 Å². The molecular weight excluding hydrogens is 292 g/mol. The normalized spacial score (nSPS) is 11.3. The number of nitrogens with zero attached hydrogens (tertiary/aromatic N) is 4. The smallest absolute Gasteiger partial charge is 0.160 e. The van der Waals surface area contributed by atoms with Gasteiger partial charge in [-0.2, -0.15) is 0 Å². The zero-order valence-corrected chi connectivity index (χ0v) is 12.8. The van der Waals surface area contributed by atoms with Gasteiger partial charge in [-0.15, -0.1) is 22.9 Å². The molecule has 20 heavy (non-hydrogen) atoms. The van der Waals surface area contributed by atoms with E-state index in [1.807, 2.05) is 18.3 Å². The van der Waals surface area contributed by atoms with E-state index in [2.05, 4.69) is 26.4 Å². The fourth-order valence-electron chi connectivity index (χ4n) is 2.17. The number of aryl methyl sites for hydroxylation is 2. The van der Waals surface area contributed by atoms with Gasteiger partial charge in [-0.25, -0.2) is 15.0 Å². The lowest BCUT2D eigenvalue weighted by Crippen LogP contribution is -2.06. The van der Waals surface area contributed by atoms with Crippen LogP contribution in [0.2, 0.25) is 0 Å². The molecule has 0 aliphatic heterocycles. The fourth-order valence-corrected chi connectivity index (χ4v) is 3.19. The highest BCUT2D eigenvalue weighted by Gasteiger charge is 2.13. The van der Waals surface area contributed by atoms with Crippen LogP contribution in [0.4, 0.5) is 0 Å². The van der Waals surface area contributed by atoms with Crippen LogP contribution in [0.3, 0.4) is 0 Å². The van der Waals surface area contributed by atoms with E-state index >= 15 is 0 Å². The van der Waals surface area contributed by atoms with Crippen molar-refractivity contribution in [3.63, 3.8) is 0 Å². The molecule has 3 rings (SSSR count). The van der Waals surface area contributed by atoms with Gasteiger partial charge in [0.05, 0.1) is 6.54 Å². The maximum Gasteiger partial charge on any atom is 0.160 e. The Hall–Kier alpha value is -1.46. The minimum Gasteiger partial charge on any atom is -0.306 e. The van der Waals surface area contributed by atoms with Crippen molar-refractivity contribution in [1.82, 2.24) is 19.5 Å². The Kier molecular flexibility index (Phi) is 3.98. The topological polar surface area (TPSA) is 43.6 Å². The molecule has 3 aromatic heterocycles. The number of pyridine rings is 1. The van der Waals surface area contributed by atoms with Gasteiger partial charge in [0.2, 0.25) is 0 Å². The van der Waals surface area contributed by atoms with Crippen molar-refractivity contribution < 1.29 is 0 Å². The van der Waals surface area contributed by atoms with Crippen molar-refractivity contribution in [3.8, 4) is 0 Å². The van der Waals surface area contributed by atoms with Crippen molar-refractivity contribution >= 4 is 34.1 Å². The molecule has 3 heterocycles. The van der Waals surface area contributed by atoms with Crippen LogP contribution < -0.4 is 0 Å². The van der Waals surface area contributed by atoms with E-state index in [0.717, 1.165) is 34.8 Å². The molecule has 0 amide bonds. The zero-order chi connectivity index (χ0) is 13.9. The number of imidazole rings is 1. The van der Waals surface area contributed by atoms with Gasteiger partial charge in [-0.1, -0.05) is 6.92 Å². The Morgan fingerprint density at radius 1 is 1.35 bits per heavy atom. The summed E-state index contributed by atoms with van der Waals surface area (Å²) in [6.45, 7) is 2.86. The number of hydrogen-bond acceptors (Lipinski definition) is 4. The molecule has 0 atom stereocenters. The fraction of sp³-hybridized carbons (Fsp3) is 0.357. The van der Waals surface area contributed by atoms with Gasteiger partial charge in [0.1, 0.15) is 16.3 Å². The van der Waals surface area contributed by atoms with Crippen molar-refractivity contribution in [2.24, 2.45) is 0 Å². The van der Waals surface area contributed by atoms with Crippen LogP contribution in [0.15, 0.2) is 24.5 Å². The second-order valence-corrected chi connectivity index (χ2v) is 6.05. The van der Waals surface area contributed by atoms with Crippen LogP contribution in [0, 0.1) is 0 Å². The molecule has 0 radical (unpaired) electrons. The van der Waals surface area contributed by atoms with Gasteiger partial charge in [-0.05, 0) is 18.6 Å². The number of halogens is 1. The maximum absolute atomic E-state index is 5.88. The van der Waals surface area contributed by atoms with Crippen LogP contribution in [-0.2, 0) is 19.4 Å². The second kappa shape index (κ2) is 5.89. The van der Waals surface area contributed by atoms with Gasteiger partial charge in [-0.3, -0.25) is 0 Å². The lowest BCUT2D eigenvalue weighted by molar-refractivity contribution is 0.743. The molecule has 0 unspecified atom stereocenters. The molecule has 0 fully saturated rings. The first-order valence-electron chi connectivity index (χ1n) is 6.61. The largest absolute Gasteiger partial charge is 0.306 e. The molecule has 0 aromatic carbocycles. The standard InChI is InChI=1S/C14H15ClN4S/c1-2-10-8-17-13(20-10)9-19-12(5-6-15)18-11-4-3-7-16-14(11)19/h3-4,7-8H,2,5-6,9H2,1H3. The number of thiazole rings is 1. The minimum atomic E-state index is 0.557. The summed E-state index contributed by atoms with van der Waals surface area (Å²) in [5, 5.41) is 1.09. The van der Waals surface area contributed by atoms with E-state index in [9.17, 15) is 0 Å². The molecule has 0 saturated carbocycles. The van der Waals surface area contributed by atoms with E-state index in [0.29, 0.717) is 12.4 Å². The number of aromatic nitrogens is 4. The van der Waals surface area contributed by atoms with Crippen molar-refractivity contribution in [2.45, 2.75) is 26.3 Å². The van der Waals surface area contributed by atoms with Crippen molar-refractivity contribution in [2.75, 3.05) is 5.88 Å². The summed E-state index contributed by atoms with van der Waals surface area (Å²) in [6.07, 6.45) is 5.51.